The Labute approximate surface area is 155 Å². The normalized spacial score (nSPS) is 12.0. The maximum absolute atomic E-state index is 12.2. The number of nitrogens with zero attached hydrogens (tertiary/aromatic N) is 1. The van der Waals surface area contributed by atoms with Gasteiger partial charge in [0.25, 0.3) is 0 Å². The van der Waals surface area contributed by atoms with E-state index in [1.165, 1.54) is 12.0 Å². The highest BCUT2D eigenvalue weighted by molar-refractivity contribution is 5.89. The molecule has 0 radical (unpaired) electrons. The second kappa shape index (κ2) is 11.6. The number of ether oxygens (including phenoxy) is 4. The Morgan fingerprint density at radius 2 is 1.88 bits per heavy atom. The minimum Gasteiger partial charge on any atom is -0.493 e. The van der Waals surface area contributed by atoms with Crippen LogP contribution in [0.25, 0.3) is 0 Å². The van der Waals surface area contributed by atoms with Crippen molar-refractivity contribution in [3.05, 3.63) is 18.2 Å². The van der Waals surface area contributed by atoms with Crippen LogP contribution < -0.4 is 14.8 Å². The molecule has 0 aliphatic carbocycles. The maximum Gasteiger partial charge on any atom is 0.321 e. The predicted molar refractivity (Wildman–Crippen MR) is 99.1 cm³/mol. The number of nitrogens with one attached hydrogen (secondary N) is 1. The van der Waals surface area contributed by atoms with Crippen LogP contribution in [-0.4, -0.2) is 75.9 Å². The molecule has 0 unspecified atom stereocenters. The summed E-state index contributed by atoms with van der Waals surface area (Å²) in [7, 11) is 4.67. The second-order valence-corrected chi connectivity index (χ2v) is 6.03. The van der Waals surface area contributed by atoms with Crippen LogP contribution in [0.15, 0.2) is 18.2 Å². The molecule has 0 aliphatic heterocycles. The summed E-state index contributed by atoms with van der Waals surface area (Å²) in [6, 6.07) is 4.73. The Kier molecular flexibility index (Phi) is 9.79. The van der Waals surface area contributed by atoms with Crippen molar-refractivity contribution in [3.8, 4) is 11.5 Å². The molecule has 0 saturated heterocycles. The Morgan fingerprint density at radius 1 is 1.19 bits per heavy atom. The van der Waals surface area contributed by atoms with Crippen molar-refractivity contribution in [2.45, 2.75) is 26.1 Å². The summed E-state index contributed by atoms with van der Waals surface area (Å²) in [5.41, 5.74) is 0.566. The van der Waals surface area contributed by atoms with E-state index in [1.54, 1.807) is 32.4 Å². The first kappa shape index (κ1) is 22.0. The van der Waals surface area contributed by atoms with Crippen molar-refractivity contribution >= 4 is 11.7 Å². The summed E-state index contributed by atoms with van der Waals surface area (Å²) in [5.74, 6) is 1.10. The van der Waals surface area contributed by atoms with Gasteiger partial charge in [-0.25, -0.2) is 4.79 Å². The number of urea groups is 1. The van der Waals surface area contributed by atoms with E-state index in [4.69, 9.17) is 18.9 Å². The molecule has 26 heavy (non-hydrogen) atoms. The Bertz CT molecular complexity index is 552. The Morgan fingerprint density at radius 3 is 2.50 bits per heavy atom. The second-order valence-electron chi connectivity index (χ2n) is 6.03. The number of anilines is 1. The van der Waals surface area contributed by atoms with Crippen LogP contribution in [0.2, 0.25) is 0 Å². The number of benzene rings is 1. The van der Waals surface area contributed by atoms with E-state index in [0.717, 1.165) is 0 Å². The monoisotopic (exact) mass is 370 g/mol. The van der Waals surface area contributed by atoms with Crippen molar-refractivity contribution in [2.75, 3.05) is 52.9 Å². The summed E-state index contributed by atoms with van der Waals surface area (Å²) >= 11 is 0. The van der Waals surface area contributed by atoms with Crippen molar-refractivity contribution < 1.29 is 28.8 Å². The third-order valence-electron chi connectivity index (χ3n) is 3.46. The first-order valence-corrected chi connectivity index (χ1v) is 8.49. The van der Waals surface area contributed by atoms with Crippen LogP contribution >= 0.6 is 0 Å². The molecule has 0 bridgehead atoms. The van der Waals surface area contributed by atoms with Crippen molar-refractivity contribution in [1.29, 1.82) is 0 Å². The van der Waals surface area contributed by atoms with Gasteiger partial charge in [0.15, 0.2) is 11.5 Å². The van der Waals surface area contributed by atoms with Gasteiger partial charge in [0.2, 0.25) is 0 Å². The topological polar surface area (TPSA) is 89.5 Å². The Balaban J connectivity index is 2.40. The zero-order chi connectivity index (χ0) is 19.5. The highest BCUT2D eigenvalue weighted by atomic mass is 16.5. The lowest BCUT2D eigenvalue weighted by molar-refractivity contribution is -0.0144. The molecule has 0 spiro atoms. The van der Waals surface area contributed by atoms with Gasteiger partial charge in [-0.1, -0.05) is 0 Å². The third-order valence-corrected chi connectivity index (χ3v) is 3.46. The molecule has 2 N–H and O–H groups in total. The molecule has 2 amide bonds. The number of carbonyl (C=O) groups is 1. The van der Waals surface area contributed by atoms with Crippen LogP contribution in [0.1, 0.15) is 13.8 Å². The molecule has 1 atom stereocenters. The summed E-state index contributed by atoms with van der Waals surface area (Å²) in [4.78, 5) is 13.6. The molecule has 8 heteroatoms. The SMILES string of the molecule is COc1ccc(NC(=O)N(C)C[C@@H](O)COCCOC(C)C)cc1OC. The number of carbonyl (C=O) groups excluding carboxylic acids is 1. The van der Waals surface area contributed by atoms with E-state index in [0.29, 0.717) is 30.4 Å². The molecule has 1 aromatic carbocycles. The van der Waals surface area contributed by atoms with Gasteiger partial charge in [-0.3, -0.25) is 0 Å². The number of amides is 2. The molecular weight excluding hydrogens is 340 g/mol. The summed E-state index contributed by atoms with van der Waals surface area (Å²) < 4.78 is 21.0. The van der Waals surface area contributed by atoms with Crippen LogP contribution in [0, 0.1) is 0 Å². The van der Waals surface area contributed by atoms with Crippen LogP contribution in [-0.2, 0) is 9.47 Å². The molecule has 1 rings (SSSR count). The first-order valence-electron chi connectivity index (χ1n) is 8.49. The van der Waals surface area contributed by atoms with E-state index >= 15 is 0 Å². The molecular formula is C18H30N2O6. The predicted octanol–water partition coefficient (Wildman–Crippen LogP) is 1.97. The van der Waals surface area contributed by atoms with Crippen molar-refractivity contribution in [1.82, 2.24) is 4.90 Å². The van der Waals surface area contributed by atoms with Gasteiger partial charge in [-0.15, -0.1) is 0 Å². The number of methoxy groups -OCH3 is 2. The average Bonchev–Trinajstić information content (AvgIpc) is 2.60. The summed E-state index contributed by atoms with van der Waals surface area (Å²) in [6.45, 7) is 5.04. The van der Waals surface area contributed by atoms with Gasteiger partial charge in [0.05, 0.1) is 52.8 Å². The lowest BCUT2D eigenvalue weighted by Crippen LogP contribution is -2.39. The fourth-order valence-electron chi connectivity index (χ4n) is 2.15. The molecule has 0 aliphatic rings. The van der Waals surface area contributed by atoms with Gasteiger partial charge >= 0.3 is 6.03 Å². The van der Waals surface area contributed by atoms with E-state index in [-0.39, 0.29) is 25.3 Å². The van der Waals surface area contributed by atoms with Crippen molar-refractivity contribution in [3.63, 3.8) is 0 Å². The summed E-state index contributed by atoms with van der Waals surface area (Å²) in [6.07, 6.45) is -0.634. The first-order chi connectivity index (χ1) is 12.4. The molecule has 1 aromatic rings. The third kappa shape index (κ3) is 7.90. The smallest absolute Gasteiger partial charge is 0.321 e. The molecule has 0 saturated carbocycles. The zero-order valence-corrected chi connectivity index (χ0v) is 16.2. The minimum absolute atomic E-state index is 0.134. The van der Waals surface area contributed by atoms with Crippen LogP contribution in [0.4, 0.5) is 10.5 Å². The molecule has 0 heterocycles. The highest BCUT2D eigenvalue weighted by Crippen LogP contribution is 2.29. The van der Waals surface area contributed by atoms with E-state index in [1.807, 2.05) is 13.8 Å². The number of hydrogen-bond acceptors (Lipinski definition) is 6. The molecule has 8 nitrogen and oxygen atoms in total. The minimum atomic E-state index is -0.782. The largest absolute Gasteiger partial charge is 0.493 e. The average molecular weight is 370 g/mol. The van der Waals surface area contributed by atoms with E-state index in [9.17, 15) is 9.90 Å². The zero-order valence-electron chi connectivity index (χ0n) is 16.2. The maximum atomic E-state index is 12.2. The van der Waals surface area contributed by atoms with Crippen molar-refractivity contribution in [2.24, 2.45) is 0 Å². The van der Waals surface area contributed by atoms with E-state index < -0.39 is 6.10 Å². The number of hydrogen-bond donors (Lipinski definition) is 2. The quantitative estimate of drug-likeness (QED) is 0.579. The van der Waals surface area contributed by atoms with Gasteiger partial charge in [-0.2, -0.15) is 0 Å². The lowest BCUT2D eigenvalue weighted by atomic mass is 10.2. The number of rotatable bonds is 11. The number of aliphatic hydroxyl groups excluding tert-OH is 1. The lowest BCUT2D eigenvalue weighted by Gasteiger charge is -2.21. The van der Waals surface area contributed by atoms with Gasteiger partial charge in [0, 0.05) is 18.8 Å². The molecule has 0 fully saturated rings. The van der Waals surface area contributed by atoms with Gasteiger partial charge in [-0.05, 0) is 26.0 Å². The van der Waals surface area contributed by atoms with E-state index in [2.05, 4.69) is 5.32 Å². The fourth-order valence-corrected chi connectivity index (χ4v) is 2.15. The molecule has 0 aromatic heterocycles. The van der Waals surface area contributed by atoms with Gasteiger partial charge in [0.1, 0.15) is 0 Å². The summed E-state index contributed by atoms with van der Waals surface area (Å²) in [5, 5.41) is 12.7. The number of likely N-dealkylation sites (N-methyl/N-ethyl adjacent to an activating group) is 1. The molecule has 148 valence electrons. The van der Waals surface area contributed by atoms with Crippen LogP contribution in [0.5, 0.6) is 11.5 Å². The Hall–Kier alpha value is -2.03. The highest BCUT2D eigenvalue weighted by Gasteiger charge is 2.15. The van der Waals surface area contributed by atoms with Crippen LogP contribution in [0.3, 0.4) is 0 Å². The standard InChI is InChI=1S/C18H30N2O6/c1-13(2)26-9-8-25-12-15(21)11-20(3)18(22)19-14-6-7-16(23-4)17(10-14)24-5/h6-7,10,13,15,21H,8-9,11-12H2,1-5H3,(H,19,22)/t15-/m1/s1. The van der Waals surface area contributed by atoms with Gasteiger partial charge < -0.3 is 34.3 Å². The number of aliphatic hydroxyl groups is 1. The fraction of sp³-hybridized carbons (Fsp3) is 0.611.